The molecule has 4 aliphatic rings. The van der Waals surface area contributed by atoms with E-state index in [-0.39, 0.29) is 46.3 Å². The van der Waals surface area contributed by atoms with Gasteiger partial charge in [0.1, 0.15) is 0 Å². The zero-order chi connectivity index (χ0) is 17.7. The molecule has 132 valence electrons. The Morgan fingerprint density at radius 3 is 2.38 bits per heavy atom. The van der Waals surface area contributed by atoms with Crippen LogP contribution >= 0.6 is 0 Å². The van der Waals surface area contributed by atoms with Gasteiger partial charge in [0.15, 0.2) is 5.78 Å². The molecule has 0 unspecified atom stereocenters. The Balaban J connectivity index is 1.91. The normalized spacial score (nSPS) is 40.4. The maximum atomic E-state index is 12.2. The standard InChI is InChI=1S/C19H26O5/c1-11-15(22)8-14-17-16(11)19(14,10-24-13(3)21)7-5-6-18(17,4)9-23-12(2)20/h14,16-17H,1,5-10H2,2-4H3/t14-,16+,17-,18-,19-/m0/s1. The summed E-state index contributed by atoms with van der Waals surface area (Å²) in [6.07, 6.45) is 3.32. The van der Waals surface area contributed by atoms with Crippen molar-refractivity contribution in [3.05, 3.63) is 12.2 Å². The largest absolute Gasteiger partial charge is 0.465 e. The number of fused-ring (bicyclic) bond motifs is 2. The molecule has 0 radical (unpaired) electrons. The van der Waals surface area contributed by atoms with Crippen molar-refractivity contribution < 1.29 is 23.9 Å². The Kier molecular flexibility index (Phi) is 4.09. The molecule has 0 aromatic carbocycles. The summed E-state index contributed by atoms with van der Waals surface area (Å²) in [6, 6.07) is 0. The van der Waals surface area contributed by atoms with Gasteiger partial charge in [0, 0.05) is 31.1 Å². The fourth-order valence-corrected chi connectivity index (χ4v) is 5.61. The van der Waals surface area contributed by atoms with Crippen molar-refractivity contribution >= 4 is 17.7 Å². The van der Waals surface area contributed by atoms with Crippen LogP contribution in [-0.4, -0.2) is 30.9 Å². The zero-order valence-electron chi connectivity index (χ0n) is 14.7. The molecule has 0 amide bonds. The number of rotatable bonds is 4. The number of ketones is 1. The molecular weight excluding hydrogens is 308 g/mol. The first-order valence-electron chi connectivity index (χ1n) is 8.70. The summed E-state index contributed by atoms with van der Waals surface area (Å²) in [6.45, 7) is 9.82. The van der Waals surface area contributed by atoms with Gasteiger partial charge in [-0.15, -0.1) is 0 Å². The molecule has 4 fully saturated rings. The van der Waals surface area contributed by atoms with Crippen LogP contribution in [0.5, 0.6) is 0 Å². The van der Waals surface area contributed by atoms with Crippen LogP contribution in [0.15, 0.2) is 12.2 Å². The Morgan fingerprint density at radius 2 is 1.79 bits per heavy atom. The first-order chi connectivity index (χ1) is 11.2. The van der Waals surface area contributed by atoms with Crippen molar-refractivity contribution in [1.29, 1.82) is 0 Å². The third-order valence-corrected chi connectivity index (χ3v) is 6.63. The molecule has 24 heavy (non-hydrogen) atoms. The lowest BCUT2D eigenvalue weighted by Gasteiger charge is -2.67. The lowest BCUT2D eigenvalue weighted by molar-refractivity contribution is -0.206. The Labute approximate surface area is 142 Å². The van der Waals surface area contributed by atoms with Crippen LogP contribution in [-0.2, 0) is 23.9 Å². The number of esters is 2. The Morgan fingerprint density at radius 1 is 1.17 bits per heavy atom. The van der Waals surface area contributed by atoms with Crippen molar-refractivity contribution in [3.63, 3.8) is 0 Å². The van der Waals surface area contributed by atoms with Crippen LogP contribution in [0.2, 0.25) is 0 Å². The average molecular weight is 334 g/mol. The maximum absolute atomic E-state index is 12.2. The highest BCUT2D eigenvalue weighted by molar-refractivity contribution is 5.98. The summed E-state index contributed by atoms with van der Waals surface area (Å²) in [5, 5.41) is 0. The monoisotopic (exact) mass is 334 g/mol. The first kappa shape index (κ1) is 17.2. The van der Waals surface area contributed by atoms with E-state index in [0.29, 0.717) is 25.2 Å². The molecule has 0 N–H and O–H groups in total. The Bertz CT molecular complexity index is 609. The van der Waals surface area contributed by atoms with Crippen LogP contribution in [0.25, 0.3) is 0 Å². The molecule has 0 aromatic heterocycles. The first-order valence-corrected chi connectivity index (χ1v) is 8.70. The van der Waals surface area contributed by atoms with Gasteiger partial charge < -0.3 is 9.47 Å². The molecule has 4 saturated carbocycles. The van der Waals surface area contributed by atoms with Gasteiger partial charge in [-0.1, -0.05) is 19.9 Å². The fraction of sp³-hybridized carbons (Fsp3) is 0.737. The summed E-state index contributed by atoms with van der Waals surface area (Å²) in [7, 11) is 0. The SMILES string of the molecule is C=C1C(=O)C[C@H]2[C@H]3[C@@H]1[C@]2(COC(C)=O)CCC[C@@]3(C)COC(C)=O. The van der Waals surface area contributed by atoms with Gasteiger partial charge in [-0.05, 0) is 36.2 Å². The molecule has 5 nitrogen and oxygen atoms in total. The predicted molar refractivity (Wildman–Crippen MR) is 86.9 cm³/mol. The third-order valence-electron chi connectivity index (χ3n) is 6.63. The number of Topliss-reactive ketones (excluding diaryl/α,β-unsaturated/α-hetero) is 1. The number of carbonyl (C=O) groups is 3. The minimum absolute atomic E-state index is 0.0335. The van der Waals surface area contributed by atoms with Crippen LogP contribution < -0.4 is 0 Å². The molecule has 4 bridgehead atoms. The second-order valence-electron chi connectivity index (χ2n) is 8.06. The van der Waals surface area contributed by atoms with E-state index in [0.717, 1.165) is 19.3 Å². The minimum Gasteiger partial charge on any atom is -0.465 e. The van der Waals surface area contributed by atoms with Crippen molar-refractivity contribution in [2.24, 2.45) is 28.6 Å². The summed E-state index contributed by atoms with van der Waals surface area (Å²) in [5.74, 6) is 0.0615. The van der Waals surface area contributed by atoms with Gasteiger partial charge in [0.25, 0.3) is 0 Å². The highest BCUT2D eigenvalue weighted by Crippen LogP contribution is 2.72. The van der Waals surface area contributed by atoms with E-state index < -0.39 is 0 Å². The van der Waals surface area contributed by atoms with Gasteiger partial charge in [0.2, 0.25) is 0 Å². The van der Waals surface area contributed by atoms with Crippen LogP contribution in [0.3, 0.4) is 0 Å². The van der Waals surface area contributed by atoms with Gasteiger partial charge in [-0.25, -0.2) is 0 Å². The van der Waals surface area contributed by atoms with Crippen molar-refractivity contribution in [2.75, 3.05) is 13.2 Å². The summed E-state index contributed by atoms with van der Waals surface area (Å²) in [4.78, 5) is 34.9. The van der Waals surface area contributed by atoms with Crippen molar-refractivity contribution in [3.8, 4) is 0 Å². The number of ether oxygens (including phenoxy) is 2. The molecule has 0 aliphatic heterocycles. The number of carbonyl (C=O) groups excluding carboxylic acids is 3. The number of hydrogen-bond donors (Lipinski definition) is 0. The molecule has 0 saturated heterocycles. The van der Waals surface area contributed by atoms with Gasteiger partial charge in [0.05, 0.1) is 13.2 Å². The lowest BCUT2D eigenvalue weighted by atomic mass is 9.36. The van der Waals surface area contributed by atoms with E-state index >= 15 is 0 Å². The minimum atomic E-state index is -0.283. The van der Waals surface area contributed by atoms with E-state index in [9.17, 15) is 14.4 Å². The van der Waals surface area contributed by atoms with E-state index in [2.05, 4.69) is 13.5 Å². The van der Waals surface area contributed by atoms with Crippen molar-refractivity contribution in [2.45, 2.75) is 46.5 Å². The second-order valence-corrected chi connectivity index (χ2v) is 8.06. The zero-order valence-corrected chi connectivity index (χ0v) is 14.7. The molecule has 0 heterocycles. The van der Waals surface area contributed by atoms with E-state index in [4.69, 9.17) is 9.47 Å². The third kappa shape index (κ3) is 2.40. The molecule has 5 atom stereocenters. The molecular formula is C19H26O5. The lowest BCUT2D eigenvalue weighted by Crippen LogP contribution is -2.67. The fourth-order valence-electron chi connectivity index (χ4n) is 5.61. The van der Waals surface area contributed by atoms with Gasteiger partial charge in [-0.3, -0.25) is 14.4 Å². The molecule has 4 aliphatic carbocycles. The van der Waals surface area contributed by atoms with E-state index in [1.807, 2.05) is 0 Å². The molecule has 0 aromatic rings. The predicted octanol–water partition coefficient (Wildman–Crippen LogP) is 2.68. The summed E-state index contributed by atoms with van der Waals surface area (Å²) in [5.41, 5.74) is 0.363. The highest BCUT2D eigenvalue weighted by atomic mass is 16.5. The number of hydrogen-bond acceptors (Lipinski definition) is 5. The van der Waals surface area contributed by atoms with E-state index in [1.54, 1.807) is 0 Å². The smallest absolute Gasteiger partial charge is 0.302 e. The number of allylic oxidation sites excluding steroid dienone is 1. The van der Waals surface area contributed by atoms with Crippen LogP contribution in [0, 0.1) is 28.6 Å². The van der Waals surface area contributed by atoms with Gasteiger partial charge >= 0.3 is 11.9 Å². The summed E-state index contributed by atoms with van der Waals surface area (Å²) >= 11 is 0. The maximum Gasteiger partial charge on any atom is 0.302 e. The molecule has 5 heteroatoms. The van der Waals surface area contributed by atoms with Crippen molar-refractivity contribution in [1.82, 2.24) is 0 Å². The highest BCUT2D eigenvalue weighted by Gasteiger charge is 2.71. The van der Waals surface area contributed by atoms with Crippen LogP contribution in [0.4, 0.5) is 0 Å². The second kappa shape index (κ2) is 5.71. The average Bonchev–Trinajstić information content (AvgIpc) is 2.70. The van der Waals surface area contributed by atoms with Crippen LogP contribution in [0.1, 0.15) is 46.5 Å². The summed E-state index contributed by atoms with van der Waals surface area (Å²) < 4.78 is 10.7. The quantitative estimate of drug-likeness (QED) is 0.584. The Hall–Kier alpha value is -1.65. The van der Waals surface area contributed by atoms with E-state index in [1.165, 1.54) is 13.8 Å². The molecule has 0 spiro atoms. The topological polar surface area (TPSA) is 69.7 Å². The molecule has 4 rings (SSSR count). The van der Waals surface area contributed by atoms with Gasteiger partial charge in [-0.2, -0.15) is 0 Å².